The van der Waals surface area contributed by atoms with Crippen molar-refractivity contribution in [3.8, 4) is 5.75 Å². The van der Waals surface area contributed by atoms with Crippen molar-refractivity contribution >= 4 is 11.9 Å². The van der Waals surface area contributed by atoms with Crippen LogP contribution in [0.2, 0.25) is 0 Å². The lowest BCUT2D eigenvalue weighted by Crippen LogP contribution is -2.30. The third kappa shape index (κ3) is 2.38. The second-order valence-corrected chi connectivity index (χ2v) is 3.92. The predicted octanol–water partition coefficient (Wildman–Crippen LogP) is 1.13. The topological polar surface area (TPSA) is 66.8 Å². The lowest BCUT2D eigenvalue weighted by Gasteiger charge is -2.17. The molecule has 1 aliphatic rings. The molecule has 0 radical (unpaired) electrons. The fourth-order valence-electron chi connectivity index (χ4n) is 1.80. The van der Waals surface area contributed by atoms with Gasteiger partial charge in [-0.1, -0.05) is 0 Å². The van der Waals surface area contributed by atoms with Gasteiger partial charge in [0, 0.05) is 19.0 Å². The summed E-state index contributed by atoms with van der Waals surface area (Å²) in [6.07, 6.45) is 0. The molecule has 5 nitrogen and oxygen atoms in total. The average molecular weight is 235 g/mol. The largest absolute Gasteiger partial charge is 0.491 e. The van der Waals surface area contributed by atoms with E-state index in [1.165, 1.54) is 13.0 Å². The van der Waals surface area contributed by atoms with E-state index in [-0.39, 0.29) is 11.5 Å². The Morgan fingerprint density at radius 1 is 1.41 bits per heavy atom. The quantitative estimate of drug-likeness (QED) is 0.792. The molecule has 2 rings (SSSR count). The summed E-state index contributed by atoms with van der Waals surface area (Å²) in [7, 11) is 0. The van der Waals surface area contributed by atoms with Gasteiger partial charge in [-0.3, -0.25) is 4.79 Å². The van der Waals surface area contributed by atoms with Gasteiger partial charge in [0.15, 0.2) is 0 Å². The van der Waals surface area contributed by atoms with Gasteiger partial charge in [-0.2, -0.15) is 0 Å². The van der Waals surface area contributed by atoms with Gasteiger partial charge in [-0.05, 0) is 18.2 Å². The highest BCUT2D eigenvalue weighted by Crippen LogP contribution is 2.24. The molecule has 0 unspecified atom stereocenters. The highest BCUT2D eigenvalue weighted by atomic mass is 16.5. The first-order chi connectivity index (χ1) is 8.08. The molecular formula is C12H13NO4. The summed E-state index contributed by atoms with van der Waals surface area (Å²) in [5.41, 5.74) is 0.940. The summed E-state index contributed by atoms with van der Waals surface area (Å²) < 4.78 is 5.48. The molecule has 0 aromatic heterocycles. The lowest BCUT2D eigenvalue weighted by molar-refractivity contribution is -0.129. The van der Waals surface area contributed by atoms with Gasteiger partial charge in [-0.15, -0.1) is 0 Å². The molecular weight excluding hydrogens is 222 g/mol. The summed E-state index contributed by atoms with van der Waals surface area (Å²) in [5.74, 6) is -0.368. The number of nitrogens with zero attached hydrogens (tertiary/aromatic N) is 1. The minimum absolute atomic E-state index is 0.0396. The van der Waals surface area contributed by atoms with Gasteiger partial charge in [0.25, 0.3) is 0 Å². The smallest absolute Gasteiger partial charge is 0.335 e. The van der Waals surface area contributed by atoms with Crippen molar-refractivity contribution in [2.24, 2.45) is 0 Å². The minimum Gasteiger partial charge on any atom is -0.491 e. The first-order valence-electron chi connectivity index (χ1n) is 5.32. The summed E-state index contributed by atoms with van der Waals surface area (Å²) in [6.45, 7) is 2.84. The zero-order valence-electron chi connectivity index (χ0n) is 9.47. The van der Waals surface area contributed by atoms with E-state index in [4.69, 9.17) is 9.84 Å². The van der Waals surface area contributed by atoms with Crippen molar-refractivity contribution in [2.75, 3.05) is 13.2 Å². The molecule has 1 aliphatic heterocycles. The minimum atomic E-state index is -0.980. The van der Waals surface area contributed by atoms with Gasteiger partial charge in [-0.25, -0.2) is 4.79 Å². The second kappa shape index (κ2) is 4.45. The molecule has 1 N–H and O–H groups in total. The SMILES string of the molecule is CC(=O)N1CCOc2ccc(C(=O)O)cc2C1. The van der Waals surface area contributed by atoms with Crippen LogP contribution in [0.25, 0.3) is 0 Å². The van der Waals surface area contributed by atoms with Crippen molar-refractivity contribution < 1.29 is 19.4 Å². The number of fused-ring (bicyclic) bond motifs is 1. The third-order valence-electron chi connectivity index (χ3n) is 2.73. The Hall–Kier alpha value is -2.04. The normalized spacial score (nSPS) is 14.5. The van der Waals surface area contributed by atoms with Crippen molar-refractivity contribution in [2.45, 2.75) is 13.5 Å². The van der Waals surface area contributed by atoms with Crippen LogP contribution in [0.5, 0.6) is 5.75 Å². The molecule has 0 fully saturated rings. The number of hydrogen-bond donors (Lipinski definition) is 1. The first kappa shape index (κ1) is 11.4. The number of amides is 1. The molecule has 0 atom stereocenters. The van der Waals surface area contributed by atoms with Crippen LogP contribution in [-0.4, -0.2) is 35.0 Å². The molecule has 0 aliphatic carbocycles. The second-order valence-electron chi connectivity index (χ2n) is 3.92. The maximum Gasteiger partial charge on any atom is 0.335 e. The fraction of sp³-hybridized carbons (Fsp3) is 0.333. The highest BCUT2D eigenvalue weighted by Gasteiger charge is 2.18. The number of rotatable bonds is 1. The highest BCUT2D eigenvalue weighted by molar-refractivity contribution is 5.88. The molecule has 1 heterocycles. The molecule has 1 aromatic rings. The van der Waals surface area contributed by atoms with Gasteiger partial charge >= 0.3 is 5.97 Å². The number of aromatic carboxylic acids is 1. The summed E-state index contributed by atoms with van der Waals surface area (Å²) >= 11 is 0. The Labute approximate surface area is 98.6 Å². The summed E-state index contributed by atoms with van der Waals surface area (Å²) in [6, 6.07) is 4.70. The maximum atomic E-state index is 11.3. The molecule has 90 valence electrons. The predicted molar refractivity (Wildman–Crippen MR) is 60.0 cm³/mol. The van der Waals surface area contributed by atoms with Crippen LogP contribution in [0.1, 0.15) is 22.8 Å². The van der Waals surface area contributed by atoms with E-state index in [0.717, 1.165) is 5.56 Å². The maximum absolute atomic E-state index is 11.3. The fourth-order valence-corrected chi connectivity index (χ4v) is 1.80. The van der Waals surface area contributed by atoms with Crippen LogP contribution in [-0.2, 0) is 11.3 Å². The van der Waals surface area contributed by atoms with E-state index in [1.807, 2.05) is 0 Å². The van der Waals surface area contributed by atoms with Crippen LogP contribution < -0.4 is 4.74 Å². The number of carboxylic acids is 1. The monoisotopic (exact) mass is 235 g/mol. The lowest BCUT2D eigenvalue weighted by atomic mass is 10.1. The van der Waals surface area contributed by atoms with Crippen LogP contribution in [0.3, 0.4) is 0 Å². The Morgan fingerprint density at radius 3 is 2.82 bits per heavy atom. The Balaban J connectivity index is 2.35. The Bertz CT molecular complexity index is 470. The number of hydrogen-bond acceptors (Lipinski definition) is 3. The third-order valence-corrected chi connectivity index (χ3v) is 2.73. The van der Waals surface area contributed by atoms with E-state index < -0.39 is 5.97 Å². The van der Waals surface area contributed by atoms with Gasteiger partial charge in [0.05, 0.1) is 12.1 Å². The van der Waals surface area contributed by atoms with Gasteiger partial charge < -0.3 is 14.7 Å². The molecule has 0 bridgehead atoms. The van der Waals surface area contributed by atoms with Crippen molar-refractivity contribution in [1.82, 2.24) is 4.90 Å². The standard InChI is InChI=1S/C12H13NO4/c1-8(14)13-4-5-17-11-3-2-9(12(15)16)6-10(11)7-13/h2-3,6H,4-5,7H2,1H3,(H,15,16). The van der Waals surface area contributed by atoms with E-state index >= 15 is 0 Å². The van der Waals surface area contributed by atoms with E-state index in [2.05, 4.69) is 0 Å². The molecule has 17 heavy (non-hydrogen) atoms. The van der Waals surface area contributed by atoms with Crippen molar-refractivity contribution in [3.63, 3.8) is 0 Å². The number of carbonyl (C=O) groups excluding carboxylic acids is 1. The molecule has 0 saturated heterocycles. The number of carboxylic acid groups (broad SMARTS) is 1. The van der Waals surface area contributed by atoms with Crippen molar-refractivity contribution in [1.29, 1.82) is 0 Å². The first-order valence-corrected chi connectivity index (χ1v) is 5.32. The van der Waals surface area contributed by atoms with Crippen molar-refractivity contribution in [3.05, 3.63) is 29.3 Å². The number of carbonyl (C=O) groups is 2. The van der Waals surface area contributed by atoms with Crippen LogP contribution in [0, 0.1) is 0 Å². The molecule has 5 heteroatoms. The molecule has 1 amide bonds. The number of ether oxygens (including phenoxy) is 1. The zero-order valence-corrected chi connectivity index (χ0v) is 9.47. The molecule has 0 spiro atoms. The van der Waals surface area contributed by atoms with E-state index in [9.17, 15) is 9.59 Å². The van der Waals surface area contributed by atoms with Gasteiger partial charge in [0.2, 0.25) is 5.91 Å². The van der Waals surface area contributed by atoms with Gasteiger partial charge in [0.1, 0.15) is 12.4 Å². The Morgan fingerprint density at radius 2 is 2.18 bits per heavy atom. The average Bonchev–Trinajstić information content (AvgIpc) is 2.49. The van der Waals surface area contributed by atoms with Crippen LogP contribution >= 0.6 is 0 Å². The van der Waals surface area contributed by atoms with E-state index in [0.29, 0.717) is 25.4 Å². The Kier molecular flexibility index (Phi) is 2.99. The number of benzene rings is 1. The van der Waals surface area contributed by atoms with Crippen LogP contribution in [0.15, 0.2) is 18.2 Å². The summed E-state index contributed by atoms with van der Waals surface area (Å²) in [4.78, 5) is 23.8. The van der Waals surface area contributed by atoms with E-state index in [1.54, 1.807) is 17.0 Å². The summed E-state index contributed by atoms with van der Waals surface area (Å²) in [5, 5.41) is 8.91. The zero-order chi connectivity index (χ0) is 12.4. The molecule has 1 aromatic carbocycles. The molecule has 0 saturated carbocycles. The van der Waals surface area contributed by atoms with Crippen LogP contribution in [0.4, 0.5) is 0 Å².